The Bertz CT molecular complexity index is 747. The Morgan fingerprint density at radius 3 is 2.76 bits per heavy atom. The van der Waals surface area contributed by atoms with Crippen LogP contribution in [0.2, 0.25) is 0 Å². The fraction of sp³-hybridized carbons (Fsp3) is 0.611. The Morgan fingerprint density at radius 1 is 1.08 bits per heavy atom. The van der Waals surface area contributed by atoms with Crippen LogP contribution in [0.1, 0.15) is 26.7 Å². The average molecular weight is 454 g/mol. The van der Waals surface area contributed by atoms with Crippen molar-refractivity contribution >= 4 is 22.4 Å². The van der Waals surface area contributed by atoms with E-state index in [2.05, 4.69) is 55.5 Å². The van der Waals surface area contributed by atoms with Crippen LogP contribution in [0.25, 0.3) is 10.9 Å². The van der Waals surface area contributed by atoms with E-state index in [4.69, 9.17) is 4.74 Å². The van der Waals surface area contributed by atoms with Gasteiger partial charge in [0.15, 0.2) is 0 Å². The van der Waals surface area contributed by atoms with Crippen LogP contribution in [0, 0.1) is 5.41 Å². The maximum atomic E-state index is 5.45. The van der Waals surface area contributed by atoms with Crippen molar-refractivity contribution in [1.82, 2.24) is 15.4 Å². The molecule has 0 N–H and O–H groups in total. The van der Waals surface area contributed by atoms with Gasteiger partial charge in [-0.2, -0.15) is 0 Å². The molecule has 6 nitrogen and oxygen atoms in total. The predicted molar refractivity (Wildman–Crippen MR) is 95.6 cm³/mol. The number of nitrogens with zero attached hydrogens (tertiary/aromatic N) is 5. The number of aromatic nitrogens is 3. The van der Waals surface area contributed by atoms with Crippen molar-refractivity contribution in [3.8, 4) is 0 Å². The van der Waals surface area contributed by atoms with Gasteiger partial charge in [0.2, 0.25) is 0 Å². The van der Waals surface area contributed by atoms with Crippen LogP contribution in [0.3, 0.4) is 0 Å². The molecule has 0 aliphatic carbocycles. The molecule has 2 aliphatic rings. The number of morpholine rings is 1. The Morgan fingerprint density at radius 2 is 1.92 bits per heavy atom. The molecule has 1 aromatic carbocycles. The molecule has 2 aliphatic heterocycles. The molecule has 0 bridgehead atoms. The number of halogens is 1. The van der Waals surface area contributed by atoms with Gasteiger partial charge < -0.3 is 0 Å². The van der Waals surface area contributed by atoms with E-state index in [1.807, 2.05) is 0 Å². The van der Waals surface area contributed by atoms with Crippen molar-refractivity contribution in [2.45, 2.75) is 26.7 Å². The third-order valence-electron chi connectivity index (χ3n) is 5.11. The number of anilines is 2. The van der Waals surface area contributed by atoms with Crippen LogP contribution in [-0.4, -0.2) is 52.7 Å². The minimum absolute atomic E-state index is 0.0364. The average Bonchev–Trinajstić information content (AvgIpc) is 2.82. The van der Waals surface area contributed by atoms with E-state index >= 15 is 0 Å². The standard InChI is InChI=1S/C18H25IN5O/c1-18(2)5-7-19-24(8-6-18)17-15-4-3-14(13-16(15)20-22-21-17)23-9-11-25-12-10-23/h3-4,13H,5-12H2,1-2H3/q-1. The van der Waals surface area contributed by atoms with Gasteiger partial charge in [0.05, 0.1) is 0 Å². The SMILES string of the molecule is CC1(C)CC[I-]N(c2nnnc3cc(N4CCOCC4)ccc23)CC1. The van der Waals surface area contributed by atoms with Crippen LogP contribution >= 0.6 is 0 Å². The number of rotatable bonds is 2. The predicted octanol–water partition coefficient (Wildman–Crippen LogP) is -0.508. The van der Waals surface area contributed by atoms with E-state index in [-0.39, 0.29) is 21.5 Å². The summed E-state index contributed by atoms with van der Waals surface area (Å²) in [6, 6.07) is 6.52. The molecule has 2 fully saturated rings. The van der Waals surface area contributed by atoms with Crippen molar-refractivity contribution in [2.24, 2.45) is 5.41 Å². The molecule has 0 saturated carbocycles. The van der Waals surface area contributed by atoms with Crippen molar-refractivity contribution in [3.05, 3.63) is 18.2 Å². The van der Waals surface area contributed by atoms with Crippen molar-refractivity contribution in [3.63, 3.8) is 0 Å². The van der Waals surface area contributed by atoms with Gasteiger partial charge in [-0.05, 0) is 0 Å². The van der Waals surface area contributed by atoms with E-state index in [1.54, 1.807) is 0 Å². The molecular formula is C18H25IN5O-. The van der Waals surface area contributed by atoms with Crippen LogP contribution in [0.15, 0.2) is 18.2 Å². The van der Waals surface area contributed by atoms with Gasteiger partial charge in [-0.3, -0.25) is 0 Å². The summed E-state index contributed by atoms with van der Waals surface area (Å²) in [5.74, 6) is 1.03. The van der Waals surface area contributed by atoms with Crippen molar-refractivity contribution < 1.29 is 26.2 Å². The summed E-state index contributed by atoms with van der Waals surface area (Å²) in [5.41, 5.74) is 2.59. The van der Waals surface area contributed by atoms with E-state index in [0.717, 1.165) is 49.6 Å². The van der Waals surface area contributed by atoms with Gasteiger partial charge in [-0.1, -0.05) is 0 Å². The molecule has 3 heterocycles. The number of ether oxygens (including phenoxy) is 1. The van der Waals surface area contributed by atoms with Gasteiger partial charge in [0, 0.05) is 0 Å². The van der Waals surface area contributed by atoms with Gasteiger partial charge >= 0.3 is 160 Å². The number of hydrogen-bond donors (Lipinski definition) is 0. The minimum atomic E-state index is -0.0364. The molecule has 25 heavy (non-hydrogen) atoms. The van der Waals surface area contributed by atoms with Crippen LogP contribution in [-0.2, 0) is 4.74 Å². The second kappa shape index (κ2) is 7.19. The summed E-state index contributed by atoms with van der Waals surface area (Å²) < 4.78 is 9.26. The van der Waals surface area contributed by atoms with Crippen LogP contribution in [0.5, 0.6) is 0 Å². The zero-order valence-corrected chi connectivity index (χ0v) is 17.1. The zero-order chi connectivity index (χ0) is 17.3. The van der Waals surface area contributed by atoms with Crippen molar-refractivity contribution in [1.29, 1.82) is 0 Å². The number of benzene rings is 1. The molecule has 2 saturated heterocycles. The summed E-state index contributed by atoms with van der Waals surface area (Å²) in [6.07, 6.45) is 2.53. The molecule has 0 spiro atoms. The summed E-state index contributed by atoms with van der Waals surface area (Å²) in [4.78, 5) is 2.35. The quantitative estimate of drug-likeness (QED) is 0.347. The topological polar surface area (TPSA) is 54.4 Å². The summed E-state index contributed by atoms with van der Waals surface area (Å²) in [6.45, 7) is 9.29. The third-order valence-corrected chi connectivity index (χ3v) is 7.89. The first-order valence-corrected chi connectivity index (χ1v) is 11.4. The van der Waals surface area contributed by atoms with E-state index in [0.29, 0.717) is 5.41 Å². The molecule has 2 aromatic rings. The van der Waals surface area contributed by atoms with Gasteiger partial charge in [-0.15, -0.1) is 0 Å². The Labute approximate surface area is 159 Å². The first-order chi connectivity index (χ1) is 12.1. The molecule has 136 valence electrons. The second-order valence-corrected chi connectivity index (χ2v) is 10.4. The molecule has 4 rings (SSSR count). The van der Waals surface area contributed by atoms with E-state index in [9.17, 15) is 0 Å². The molecule has 0 amide bonds. The van der Waals surface area contributed by atoms with E-state index in [1.165, 1.54) is 23.0 Å². The molecule has 0 radical (unpaired) electrons. The van der Waals surface area contributed by atoms with Gasteiger partial charge in [-0.25, -0.2) is 0 Å². The summed E-state index contributed by atoms with van der Waals surface area (Å²) >= 11 is -0.0364. The summed E-state index contributed by atoms with van der Waals surface area (Å²) in [5, 5.41) is 13.9. The molecule has 0 unspecified atom stereocenters. The van der Waals surface area contributed by atoms with Gasteiger partial charge in [0.1, 0.15) is 0 Å². The first-order valence-electron chi connectivity index (χ1n) is 8.95. The Hall–Kier alpha value is -1.22. The molecular weight excluding hydrogens is 429 g/mol. The zero-order valence-electron chi connectivity index (χ0n) is 14.9. The second-order valence-electron chi connectivity index (χ2n) is 7.47. The third kappa shape index (κ3) is 3.81. The van der Waals surface area contributed by atoms with Gasteiger partial charge in [0.25, 0.3) is 0 Å². The molecule has 1 aromatic heterocycles. The number of hydrogen-bond acceptors (Lipinski definition) is 6. The number of alkyl halides is 1. The molecule has 7 heteroatoms. The van der Waals surface area contributed by atoms with Crippen LogP contribution < -0.4 is 29.5 Å². The monoisotopic (exact) mass is 454 g/mol. The normalized spacial score (nSPS) is 21.7. The summed E-state index contributed by atoms with van der Waals surface area (Å²) in [7, 11) is 0. The van der Waals surface area contributed by atoms with Crippen LogP contribution in [0.4, 0.5) is 11.5 Å². The number of fused-ring (bicyclic) bond motifs is 1. The fourth-order valence-corrected chi connectivity index (χ4v) is 6.85. The first kappa shape index (κ1) is 17.2. The Balaban J connectivity index is 1.63. The fourth-order valence-electron chi connectivity index (χ4n) is 3.30. The van der Waals surface area contributed by atoms with Crippen molar-refractivity contribution in [2.75, 3.05) is 45.3 Å². The van der Waals surface area contributed by atoms with E-state index < -0.39 is 0 Å². The molecule has 0 atom stereocenters. The maximum absolute atomic E-state index is 5.45. The Kier molecular flexibility index (Phi) is 4.95.